The highest BCUT2D eigenvalue weighted by molar-refractivity contribution is 6.09. The number of benzene rings is 4. The molecule has 0 fully saturated rings. The topological polar surface area (TPSA) is 43.6 Å². The van der Waals surface area contributed by atoms with Crippen molar-refractivity contribution in [1.82, 2.24) is 19.5 Å². The molecule has 7 heteroatoms. The number of nitrogens with zero attached hydrogens (tertiary/aromatic N) is 4. The number of hydrogen-bond donors (Lipinski definition) is 0. The number of pyridine rings is 3. The van der Waals surface area contributed by atoms with Crippen molar-refractivity contribution in [2.75, 3.05) is 0 Å². The van der Waals surface area contributed by atoms with E-state index in [9.17, 15) is 13.2 Å². The summed E-state index contributed by atoms with van der Waals surface area (Å²) in [6.45, 7) is 2.25. The number of aromatic nitrogens is 4. The second-order valence-corrected chi connectivity index (χ2v) is 13.7. The number of hydrogen-bond acceptors (Lipinski definition) is 3. The van der Waals surface area contributed by atoms with Gasteiger partial charge in [-0.15, -0.1) is 0 Å². The third-order valence-corrected chi connectivity index (χ3v) is 10.3. The maximum absolute atomic E-state index is 13.4. The van der Waals surface area contributed by atoms with Crippen molar-refractivity contribution in [3.8, 4) is 39.5 Å². The molecule has 4 nitrogen and oxygen atoms in total. The van der Waals surface area contributed by atoms with Crippen LogP contribution < -0.4 is 0 Å². The molecule has 0 spiro atoms. The molecule has 0 amide bonds. The van der Waals surface area contributed by atoms with Crippen molar-refractivity contribution in [3.63, 3.8) is 0 Å². The lowest BCUT2D eigenvalue weighted by Gasteiger charge is -2.23. The van der Waals surface area contributed by atoms with Gasteiger partial charge in [-0.2, -0.15) is 13.2 Å². The Morgan fingerprint density at radius 2 is 1.35 bits per heavy atom. The fraction of sp³-hybridized carbons (Fsp3) is 0.0851. The molecular formula is C47H33F3N4. The minimum atomic E-state index is -4.40. The Kier molecular flexibility index (Phi) is 8.27. The Labute approximate surface area is 310 Å². The molecule has 9 rings (SSSR count). The highest BCUT2D eigenvalue weighted by Gasteiger charge is 2.30. The molecular weight excluding hydrogens is 678 g/mol. The van der Waals surface area contributed by atoms with Gasteiger partial charge in [0.1, 0.15) is 0 Å². The van der Waals surface area contributed by atoms with Crippen LogP contribution in [0.25, 0.3) is 72.4 Å². The zero-order valence-electron chi connectivity index (χ0n) is 29.3. The summed E-state index contributed by atoms with van der Waals surface area (Å²) in [6.07, 6.45) is 6.20. The Hall–Kier alpha value is -6.60. The Bertz CT molecular complexity index is 2730. The van der Waals surface area contributed by atoms with E-state index in [1.165, 1.54) is 23.3 Å². The van der Waals surface area contributed by atoms with Crippen LogP contribution in [0, 0.1) is 5.92 Å². The van der Waals surface area contributed by atoms with Gasteiger partial charge >= 0.3 is 6.18 Å². The zero-order chi connectivity index (χ0) is 36.8. The summed E-state index contributed by atoms with van der Waals surface area (Å²) >= 11 is 0. The van der Waals surface area contributed by atoms with E-state index in [2.05, 4.69) is 108 Å². The average molecular weight is 711 g/mol. The predicted molar refractivity (Wildman–Crippen MR) is 212 cm³/mol. The molecule has 0 saturated carbocycles. The number of fused-ring (bicyclic) bond motifs is 3. The molecule has 4 aromatic carbocycles. The lowest BCUT2D eigenvalue weighted by atomic mass is 9.82. The number of rotatable bonds is 6. The summed E-state index contributed by atoms with van der Waals surface area (Å²) in [5.74, 6) is 0.208. The van der Waals surface area contributed by atoms with Gasteiger partial charge in [-0.05, 0) is 119 Å². The van der Waals surface area contributed by atoms with Crippen molar-refractivity contribution in [1.29, 1.82) is 0 Å². The predicted octanol–water partition coefficient (Wildman–Crippen LogP) is 12.5. The van der Waals surface area contributed by atoms with Crippen molar-refractivity contribution >= 4 is 33.0 Å². The largest absolute Gasteiger partial charge is 0.416 e. The van der Waals surface area contributed by atoms with Gasteiger partial charge in [0.15, 0.2) is 0 Å². The van der Waals surface area contributed by atoms with Gasteiger partial charge in [0.2, 0.25) is 0 Å². The van der Waals surface area contributed by atoms with E-state index >= 15 is 0 Å². The number of alkyl halides is 3. The van der Waals surface area contributed by atoms with Gasteiger partial charge in [-0.25, -0.2) is 4.98 Å². The Morgan fingerprint density at radius 1 is 0.593 bits per heavy atom. The van der Waals surface area contributed by atoms with E-state index in [1.54, 1.807) is 12.4 Å². The van der Waals surface area contributed by atoms with Crippen LogP contribution in [0.1, 0.15) is 30.0 Å². The third-order valence-electron chi connectivity index (χ3n) is 10.3. The average Bonchev–Trinajstić information content (AvgIpc) is 3.55. The highest BCUT2D eigenvalue weighted by Crippen LogP contribution is 2.41. The van der Waals surface area contributed by atoms with E-state index in [1.807, 2.05) is 41.1 Å². The van der Waals surface area contributed by atoms with Crippen LogP contribution >= 0.6 is 0 Å². The summed E-state index contributed by atoms with van der Waals surface area (Å²) in [6, 6.07) is 42.7. The molecule has 4 heterocycles. The van der Waals surface area contributed by atoms with Gasteiger partial charge in [0.05, 0.1) is 33.7 Å². The lowest BCUT2D eigenvalue weighted by molar-refractivity contribution is -0.137. The lowest BCUT2D eigenvalue weighted by Crippen LogP contribution is -2.06. The van der Waals surface area contributed by atoms with Gasteiger partial charge < -0.3 is 4.57 Å². The van der Waals surface area contributed by atoms with Gasteiger partial charge in [0, 0.05) is 40.6 Å². The van der Waals surface area contributed by atoms with Gasteiger partial charge in [-0.1, -0.05) is 79.7 Å². The normalized spacial score (nSPS) is 14.6. The maximum atomic E-state index is 13.4. The minimum absolute atomic E-state index is 0.208. The quantitative estimate of drug-likeness (QED) is 0.173. The molecule has 1 aliphatic carbocycles. The summed E-state index contributed by atoms with van der Waals surface area (Å²) < 4.78 is 42.1. The van der Waals surface area contributed by atoms with E-state index < -0.39 is 11.7 Å². The first-order valence-electron chi connectivity index (χ1n) is 17.9. The number of allylic oxidation sites excluding steroid dienone is 4. The fourth-order valence-corrected chi connectivity index (χ4v) is 7.58. The first kappa shape index (κ1) is 33.3. The Morgan fingerprint density at radius 3 is 2.13 bits per heavy atom. The van der Waals surface area contributed by atoms with Gasteiger partial charge in [0.25, 0.3) is 0 Å². The first-order chi connectivity index (χ1) is 26.3. The summed E-state index contributed by atoms with van der Waals surface area (Å²) in [7, 11) is 0. The minimum Gasteiger partial charge on any atom is -0.309 e. The van der Waals surface area contributed by atoms with Crippen LogP contribution in [0.4, 0.5) is 13.2 Å². The zero-order valence-corrected chi connectivity index (χ0v) is 29.3. The fourth-order valence-electron chi connectivity index (χ4n) is 7.58. The second-order valence-electron chi connectivity index (χ2n) is 13.7. The highest BCUT2D eigenvalue weighted by atomic mass is 19.4. The molecule has 0 radical (unpaired) electrons. The molecule has 1 atom stereocenters. The third kappa shape index (κ3) is 6.17. The SMILES string of the molecule is CC1CC(c2cc(-c3cccc(-c4ccccc4)c3)nc(-c3ccccn3)c2)=CC=C1c1ccc2c(c1)c1cnccc1n2-c1ccc(C(F)(F)F)cc1. The van der Waals surface area contributed by atoms with Crippen molar-refractivity contribution in [2.24, 2.45) is 5.92 Å². The molecule has 54 heavy (non-hydrogen) atoms. The molecule has 0 N–H and O–H groups in total. The van der Waals surface area contributed by atoms with E-state index in [-0.39, 0.29) is 5.92 Å². The van der Waals surface area contributed by atoms with E-state index in [4.69, 9.17) is 4.98 Å². The monoisotopic (exact) mass is 710 g/mol. The summed E-state index contributed by atoms with van der Waals surface area (Å²) in [5.41, 5.74) is 12.3. The van der Waals surface area contributed by atoms with Crippen LogP contribution in [0.5, 0.6) is 0 Å². The van der Waals surface area contributed by atoms with Crippen molar-refractivity contribution < 1.29 is 13.2 Å². The smallest absolute Gasteiger partial charge is 0.309 e. The van der Waals surface area contributed by atoms with Crippen molar-refractivity contribution in [3.05, 3.63) is 181 Å². The molecule has 1 aliphatic rings. The Balaban J connectivity index is 1.11. The van der Waals surface area contributed by atoms with Crippen LogP contribution in [0.2, 0.25) is 0 Å². The summed E-state index contributed by atoms with van der Waals surface area (Å²) in [5, 5.41) is 1.94. The maximum Gasteiger partial charge on any atom is 0.416 e. The molecule has 1 unspecified atom stereocenters. The number of halogens is 3. The summed E-state index contributed by atoms with van der Waals surface area (Å²) in [4.78, 5) is 14.2. The van der Waals surface area contributed by atoms with Crippen LogP contribution in [0.3, 0.4) is 0 Å². The first-order valence-corrected chi connectivity index (χ1v) is 17.9. The molecule has 0 aliphatic heterocycles. The van der Waals surface area contributed by atoms with Crippen LogP contribution in [0.15, 0.2) is 164 Å². The molecule has 0 saturated heterocycles. The van der Waals surface area contributed by atoms with E-state index in [0.717, 1.165) is 85.3 Å². The molecule has 8 aromatic rings. The van der Waals surface area contributed by atoms with Crippen LogP contribution in [-0.4, -0.2) is 19.5 Å². The second kappa shape index (κ2) is 13.4. The van der Waals surface area contributed by atoms with Crippen molar-refractivity contribution in [2.45, 2.75) is 19.5 Å². The van der Waals surface area contributed by atoms with E-state index in [0.29, 0.717) is 5.69 Å². The van der Waals surface area contributed by atoms with Gasteiger partial charge in [-0.3, -0.25) is 9.97 Å². The standard InChI is InChI=1S/C47H33F3N4/c1-30-24-33(36-27-43(53-44(28-36)42-12-5-6-22-52-42)35-11-7-10-32(25-35)31-8-3-2-4-9-31)13-19-39(30)34-14-20-45-40(26-34)41-29-51-23-21-46(41)54(45)38-17-15-37(16-18-38)47(48,49)50/h2-23,25-30H,24H2,1H3. The molecule has 0 bridgehead atoms. The molecule has 4 aromatic heterocycles. The van der Waals surface area contributed by atoms with Crippen LogP contribution in [-0.2, 0) is 6.18 Å². The molecule has 262 valence electrons.